The van der Waals surface area contributed by atoms with E-state index in [1.54, 1.807) is 6.07 Å². The predicted octanol–water partition coefficient (Wildman–Crippen LogP) is 4.72. The van der Waals surface area contributed by atoms with Gasteiger partial charge in [-0.3, -0.25) is 9.91 Å². The maximum Gasteiger partial charge on any atom is 0.192 e. The average Bonchev–Trinajstić information content (AvgIpc) is 3.11. The van der Waals surface area contributed by atoms with Gasteiger partial charge < -0.3 is 0 Å². The molecular formula is C17H15Cl2N3S. The first-order valence-electron chi connectivity index (χ1n) is 7.54. The minimum Gasteiger partial charge on any atom is -0.296 e. The molecule has 0 N–H and O–H groups in total. The number of halogens is 2. The monoisotopic (exact) mass is 363 g/mol. The van der Waals surface area contributed by atoms with Crippen LogP contribution in [0, 0.1) is 0 Å². The van der Waals surface area contributed by atoms with Crippen LogP contribution in [0.1, 0.15) is 18.2 Å². The van der Waals surface area contributed by atoms with Gasteiger partial charge in [-0.15, -0.1) is 0 Å². The van der Waals surface area contributed by atoms with Crippen molar-refractivity contribution in [3.8, 4) is 0 Å². The Morgan fingerprint density at radius 2 is 1.78 bits per heavy atom. The lowest BCUT2D eigenvalue weighted by molar-refractivity contribution is 0.0923. The molecule has 4 rings (SSSR count). The Hall–Kier alpha value is -1.33. The number of thiocarbonyl (C=S) groups is 1. The van der Waals surface area contributed by atoms with Crippen molar-refractivity contribution >= 4 is 46.2 Å². The van der Waals surface area contributed by atoms with E-state index in [9.17, 15) is 0 Å². The summed E-state index contributed by atoms with van der Waals surface area (Å²) in [7, 11) is 0. The lowest BCUT2D eigenvalue weighted by Crippen LogP contribution is -2.32. The number of fused-ring (bicyclic) bond motifs is 1. The molecule has 2 aliphatic heterocycles. The van der Waals surface area contributed by atoms with Crippen LogP contribution in [0.3, 0.4) is 0 Å². The molecule has 0 spiro atoms. The molecule has 6 heteroatoms. The lowest BCUT2D eigenvalue weighted by atomic mass is 10.1. The molecule has 0 amide bonds. The van der Waals surface area contributed by atoms with Gasteiger partial charge in [-0.2, -0.15) is 5.01 Å². The smallest absolute Gasteiger partial charge is 0.192 e. The summed E-state index contributed by atoms with van der Waals surface area (Å²) >= 11 is 18.3. The van der Waals surface area contributed by atoms with E-state index in [-0.39, 0.29) is 6.17 Å². The van der Waals surface area contributed by atoms with E-state index in [0.29, 0.717) is 10.0 Å². The summed E-state index contributed by atoms with van der Waals surface area (Å²) in [4.78, 5) is 2.17. The average molecular weight is 364 g/mol. The van der Waals surface area contributed by atoms with E-state index in [1.807, 2.05) is 30.3 Å². The third-order valence-corrected chi connectivity index (χ3v) is 5.27. The van der Waals surface area contributed by atoms with Gasteiger partial charge in [0.15, 0.2) is 5.11 Å². The van der Waals surface area contributed by atoms with Gasteiger partial charge in [-0.1, -0.05) is 47.5 Å². The molecule has 2 heterocycles. The molecule has 118 valence electrons. The van der Waals surface area contributed by atoms with E-state index in [4.69, 9.17) is 35.4 Å². The Morgan fingerprint density at radius 1 is 1.00 bits per heavy atom. The summed E-state index contributed by atoms with van der Waals surface area (Å²) in [5.74, 6) is 0. The SMILES string of the molecule is S=C1N(c2ccccc2)C(c2ccc(Cl)cc2Cl)N2CCCN12. The second kappa shape index (κ2) is 5.95. The second-order valence-electron chi connectivity index (χ2n) is 5.67. The number of hydrogen-bond acceptors (Lipinski definition) is 2. The fourth-order valence-corrected chi connectivity index (χ4v) is 4.21. The standard InChI is InChI=1S/C17H15Cl2N3S/c18-12-7-8-14(15(19)11-12)16-20-9-4-10-21(20)17(23)22(16)13-5-2-1-3-6-13/h1-3,5-8,11,16H,4,9-10H2. The molecule has 1 atom stereocenters. The molecule has 0 saturated carbocycles. The summed E-state index contributed by atoms with van der Waals surface area (Å²) in [6.45, 7) is 1.91. The van der Waals surface area contributed by atoms with Crippen LogP contribution >= 0.6 is 35.4 Å². The van der Waals surface area contributed by atoms with Gasteiger partial charge in [0.1, 0.15) is 6.17 Å². The zero-order valence-corrected chi connectivity index (χ0v) is 14.7. The number of hydrazine groups is 1. The fourth-order valence-electron chi connectivity index (χ4n) is 3.30. The Morgan fingerprint density at radius 3 is 2.52 bits per heavy atom. The van der Waals surface area contributed by atoms with Crippen molar-refractivity contribution in [3.05, 3.63) is 64.1 Å². The molecule has 0 aromatic heterocycles. The first-order chi connectivity index (χ1) is 11.2. The number of anilines is 1. The number of para-hydroxylation sites is 1. The van der Waals surface area contributed by atoms with E-state index in [1.165, 1.54) is 0 Å². The van der Waals surface area contributed by atoms with Crippen LogP contribution in [0.4, 0.5) is 5.69 Å². The highest BCUT2D eigenvalue weighted by Crippen LogP contribution is 2.42. The largest absolute Gasteiger partial charge is 0.296 e. The molecule has 2 aliphatic rings. The molecule has 2 fully saturated rings. The van der Waals surface area contributed by atoms with Crippen LogP contribution in [0.15, 0.2) is 48.5 Å². The van der Waals surface area contributed by atoms with E-state index < -0.39 is 0 Å². The molecule has 23 heavy (non-hydrogen) atoms. The lowest BCUT2D eigenvalue weighted by Gasteiger charge is -2.29. The quantitative estimate of drug-likeness (QED) is 0.713. The Bertz CT molecular complexity index is 753. The molecule has 0 radical (unpaired) electrons. The molecule has 2 saturated heterocycles. The van der Waals surface area contributed by atoms with Gasteiger partial charge >= 0.3 is 0 Å². The highest BCUT2D eigenvalue weighted by Gasteiger charge is 2.45. The number of nitrogens with zero attached hydrogens (tertiary/aromatic N) is 3. The summed E-state index contributed by atoms with van der Waals surface area (Å²) < 4.78 is 0. The maximum absolute atomic E-state index is 6.50. The Labute approximate surface area is 151 Å². The third kappa shape index (κ3) is 2.50. The first kappa shape index (κ1) is 15.2. The molecular weight excluding hydrogens is 349 g/mol. The highest BCUT2D eigenvalue weighted by atomic mass is 35.5. The maximum atomic E-state index is 6.50. The summed E-state index contributed by atoms with van der Waals surface area (Å²) in [5, 5.41) is 6.61. The third-order valence-electron chi connectivity index (χ3n) is 4.30. The van der Waals surface area contributed by atoms with Gasteiger partial charge in [0.2, 0.25) is 0 Å². The van der Waals surface area contributed by atoms with Crippen LogP contribution in [0.5, 0.6) is 0 Å². The summed E-state index contributed by atoms with van der Waals surface area (Å²) in [6.07, 6.45) is 1.07. The van der Waals surface area contributed by atoms with E-state index in [2.05, 4.69) is 27.1 Å². The van der Waals surface area contributed by atoms with Gasteiger partial charge in [-0.25, -0.2) is 0 Å². The van der Waals surface area contributed by atoms with Crippen LogP contribution < -0.4 is 4.90 Å². The van der Waals surface area contributed by atoms with Crippen molar-refractivity contribution in [2.45, 2.75) is 12.6 Å². The van der Waals surface area contributed by atoms with Crippen molar-refractivity contribution in [1.29, 1.82) is 0 Å². The minimum absolute atomic E-state index is 0.0304. The summed E-state index contributed by atoms with van der Waals surface area (Å²) in [6, 6.07) is 15.9. The van der Waals surface area contributed by atoms with Gasteiger partial charge in [0.25, 0.3) is 0 Å². The molecule has 0 aliphatic carbocycles. The highest BCUT2D eigenvalue weighted by molar-refractivity contribution is 7.80. The van der Waals surface area contributed by atoms with Crippen LogP contribution in [0.2, 0.25) is 10.0 Å². The zero-order valence-electron chi connectivity index (χ0n) is 12.3. The normalized spacial score (nSPS) is 21.1. The first-order valence-corrected chi connectivity index (χ1v) is 8.70. The molecule has 3 nitrogen and oxygen atoms in total. The van der Waals surface area contributed by atoms with Gasteiger partial charge in [-0.05, 0) is 42.9 Å². The van der Waals surface area contributed by atoms with Crippen molar-refractivity contribution in [2.24, 2.45) is 0 Å². The molecule has 2 aromatic rings. The number of benzene rings is 2. The van der Waals surface area contributed by atoms with Crippen molar-refractivity contribution < 1.29 is 0 Å². The van der Waals surface area contributed by atoms with Crippen molar-refractivity contribution in [3.63, 3.8) is 0 Å². The summed E-state index contributed by atoms with van der Waals surface area (Å²) in [5.41, 5.74) is 2.09. The topological polar surface area (TPSA) is 9.72 Å². The zero-order chi connectivity index (χ0) is 16.0. The predicted molar refractivity (Wildman–Crippen MR) is 98.8 cm³/mol. The van der Waals surface area contributed by atoms with Gasteiger partial charge in [0, 0.05) is 34.4 Å². The van der Waals surface area contributed by atoms with Crippen molar-refractivity contribution in [2.75, 3.05) is 18.0 Å². The van der Waals surface area contributed by atoms with Crippen LogP contribution in [-0.4, -0.2) is 28.2 Å². The van der Waals surface area contributed by atoms with Crippen LogP contribution in [-0.2, 0) is 0 Å². The van der Waals surface area contributed by atoms with E-state index in [0.717, 1.165) is 35.9 Å². The molecule has 0 bridgehead atoms. The fraction of sp³-hybridized carbons (Fsp3) is 0.235. The Kier molecular flexibility index (Phi) is 3.93. The number of hydrogen-bond donors (Lipinski definition) is 0. The number of rotatable bonds is 2. The van der Waals surface area contributed by atoms with Gasteiger partial charge in [0.05, 0.1) is 0 Å². The molecule has 2 aromatic carbocycles. The second-order valence-corrected chi connectivity index (χ2v) is 6.88. The van der Waals surface area contributed by atoms with E-state index >= 15 is 0 Å². The minimum atomic E-state index is -0.0304. The Balaban J connectivity index is 1.84. The van der Waals surface area contributed by atoms with Crippen LogP contribution in [0.25, 0.3) is 0 Å². The van der Waals surface area contributed by atoms with Crippen molar-refractivity contribution in [1.82, 2.24) is 10.0 Å². The molecule has 1 unspecified atom stereocenters.